The van der Waals surface area contributed by atoms with Crippen LogP contribution in [-0.2, 0) is 6.42 Å². The van der Waals surface area contributed by atoms with Crippen LogP contribution in [0.4, 0.5) is 13.2 Å². The van der Waals surface area contributed by atoms with Gasteiger partial charge in [-0.05, 0) is 19.1 Å². The van der Waals surface area contributed by atoms with E-state index in [1.165, 1.54) is 0 Å². The summed E-state index contributed by atoms with van der Waals surface area (Å²) < 4.78 is 40.3. The summed E-state index contributed by atoms with van der Waals surface area (Å²) in [6.45, 7) is 1.12. The van der Waals surface area contributed by atoms with E-state index in [9.17, 15) is 13.2 Å². The second kappa shape index (κ2) is 4.50. The van der Waals surface area contributed by atoms with Gasteiger partial charge in [-0.2, -0.15) is 13.2 Å². The van der Waals surface area contributed by atoms with Gasteiger partial charge in [0.05, 0.1) is 6.54 Å². The minimum Gasteiger partial charge on any atom is -0.466 e. The molecule has 1 aromatic rings. The van der Waals surface area contributed by atoms with E-state index in [4.69, 9.17) is 4.42 Å². The first-order valence-corrected chi connectivity index (χ1v) is 4.30. The Kier molecular flexibility index (Phi) is 3.57. The number of furan rings is 1. The number of nitrogens with one attached hydrogen (secondary N) is 1. The van der Waals surface area contributed by atoms with Crippen LogP contribution in [0.3, 0.4) is 0 Å². The van der Waals surface area contributed by atoms with E-state index >= 15 is 0 Å². The monoisotopic (exact) mass is 207 g/mol. The average Bonchev–Trinajstić information content (AvgIpc) is 2.44. The summed E-state index contributed by atoms with van der Waals surface area (Å²) in [4.78, 5) is 0. The Morgan fingerprint density at radius 2 is 2.07 bits per heavy atom. The van der Waals surface area contributed by atoms with Gasteiger partial charge in [-0.15, -0.1) is 0 Å². The van der Waals surface area contributed by atoms with Crippen LogP contribution in [0.15, 0.2) is 16.5 Å². The molecule has 1 N–H and O–H groups in total. The lowest BCUT2D eigenvalue weighted by atomic mass is 10.3. The van der Waals surface area contributed by atoms with Gasteiger partial charge < -0.3 is 9.73 Å². The summed E-state index contributed by atoms with van der Waals surface area (Å²) in [7, 11) is 0. The first-order valence-electron chi connectivity index (χ1n) is 4.30. The van der Waals surface area contributed by atoms with Gasteiger partial charge in [-0.3, -0.25) is 0 Å². The Bertz CT molecular complexity index is 280. The molecule has 0 unspecified atom stereocenters. The van der Waals surface area contributed by atoms with Gasteiger partial charge in [0.1, 0.15) is 11.5 Å². The Labute approximate surface area is 80.1 Å². The Balaban J connectivity index is 2.16. The molecule has 0 atom stereocenters. The molecule has 1 rings (SSSR count). The van der Waals surface area contributed by atoms with Crippen LogP contribution in [0.25, 0.3) is 0 Å². The van der Waals surface area contributed by atoms with Crippen molar-refractivity contribution >= 4 is 0 Å². The summed E-state index contributed by atoms with van der Waals surface area (Å²) in [5.74, 6) is 1.48. The van der Waals surface area contributed by atoms with E-state index < -0.39 is 12.7 Å². The maximum Gasteiger partial charge on any atom is 0.401 e. The van der Waals surface area contributed by atoms with E-state index in [1.807, 2.05) is 0 Å². The van der Waals surface area contributed by atoms with Gasteiger partial charge in [0.2, 0.25) is 0 Å². The zero-order chi connectivity index (χ0) is 10.6. The molecule has 0 saturated heterocycles. The normalized spacial score (nSPS) is 12.0. The van der Waals surface area contributed by atoms with E-state index in [2.05, 4.69) is 5.32 Å². The highest BCUT2D eigenvalue weighted by atomic mass is 19.4. The summed E-state index contributed by atoms with van der Waals surface area (Å²) in [6.07, 6.45) is -3.66. The molecule has 0 spiro atoms. The maximum absolute atomic E-state index is 11.7. The Hall–Kier alpha value is -0.970. The number of hydrogen-bond donors (Lipinski definition) is 1. The largest absolute Gasteiger partial charge is 0.466 e. The molecule has 80 valence electrons. The van der Waals surface area contributed by atoms with Crippen molar-refractivity contribution in [2.45, 2.75) is 19.5 Å². The van der Waals surface area contributed by atoms with Crippen LogP contribution >= 0.6 is 0 Å². The minimum absolute atomic E-state index is 0.270. The van der Waals surface area contributed by atoms with Gasteiger partial charge in [-0.1, -0.05) is 0 Å². The van der Waals surface area contributed by atoms with Crippen LogP contribution in [0.1, 0.15) is 11.5 Å². The van der Waals surface area contributed by atoms with Crippen LogP contribution in [-0.4, -0.2) is 19.3 Å². The third-order valence-corrected chi connectivity index (χ3v) is 1.67. The molecular formula is C9H12F3NO. The van der Waals surface area contributed by atoms with E-state index in [-0.39, 0.29) is 6.54 Å². The lowest BCUT2D eigenvalue weighted by molar-refractivity contribution is -0.124. The van der Waals surface area contributed by atoms with Gasteiger partial charge >= 0.3 is 6.18 Å². The van der Waals surface area contributed by atoms with Crippen molar-refractivity contribution in [3.05, 3.63) is 23.7 Å². The highest BCUT2D eigenvalue weighted by Crippen LogP contribution is 2.12. The summed E-state index contributed by atoms with van der Waals surface area (Å²) in [6, 6.07) is 3.56. The van der Waals surface area contributed by atoms with Crippen LogP contribution in [0.5, 0.6) is 0 Å². The first-order chi connectivity index (χ1) is 6.47. The fraction of sp³-hybridized carbons (Fsp3) is 0.556. The molecule has 0 aliphatic carbocycles. The second-order valence-electron chi connectivity index (χ2n) is 3.05. The van der Waals surface area contributed by atoms with Gasteiger partial charge in [0.15, 0.2) is 0 Å². The third-order valence-electron chi connectivity index (χ3n) is 1.67. The van der Waals surface area contributed by atoms with Crippen molar-refractivity contribution < 1.29 is 17.6 Å². The average molecular weight is 207 g/mol. The molecule has 0 fully saturated rings. The van der Waals surface area contributed by atoms with Crippen molar-refractivity contribution in [2.75, 3.05) is 13.1 Å². The predicted molar refractivity (Wildman–Crippen MR) is 46.1 cm³/mol. The molecule has 5 heteroatoms. The number of hydrogen-bond acceptors (Lipinski definition) is 2. The highest BCUT2D eigenvalue weighted by molar-refractivity contribution is 5.05. The van der Waals surface area contributed by atoms with Gasteiger partial charge in [0.25, 0.3) is 0 Å². The lowest BCUT2D eigenvalue weighted by Gasteiger charge is -2.06. The molecular weight excluding hydrogens is 195 g/mol. The number of rotatable bonds is 4. The zero-order valence-corrected chi connectivity index (χ0v) is 7.82. The molecule has 0 aromatic carbocycles. The zero-order valence-electron chi connectivity index (χ0n) is 7.82. The van der Waals surface area contributed by atoms with Crippen LogP contribution < -0.4 is 5.32 Å². The molecule has 0 saturated carbocycles. The summed E-state index contributed by atoms with van der Waals surface area (Å²) in [5, 5.41) is 2.30. The smallest absolute Gasteiger partial charge is 0.401 e. The molecule has 0 bridgehead atoms. The molecule has 0 radical (unpaired) electrons. The first kappa shape index (κ1) is 11.1. The van der Waals surface area contributed by atoms with Crippen molar-refractivity contribution in [3.63, 3.8) is 0 Å². The SMILES string of the molecule is Cc1ccc(CCNCC(F)(F)F)o1. The number of halogens is 3. The molecule has 0 aliphatic rings. The van der Waals surface area contributed by atoms with Gasteiger partial charge in [0, 0.05) is 13.0 Å². The summed E-state index contributed by atoms with van der Waals surface area (Å²) in [5.41, 5.74) is 0. The Morgan fingerprint density at radius 3 is 2.57 bits per heavy atom. The second-order valence-corrected chi connectivity index (χ2v) is 3.05. The fourth-order valence-corrected chi connectivity index (χ4v) is 1.06. The quantitative estimate of drug-likeness (QED) is 0.766. The topological polar surface area (TPSA) is 25.2 Å². The standard InChI is InChI=1S/C9H12F3NO/c1-7-2-3-8(14-7)4-5-13-6-9(10,11)12/h2-3,13H,4-6H2,1H3. The van der Waals surface area contributed by atoms with E-state index in [0.29, 0.717) is 12.2 Å². The van der Waals surface area contributed by atoms with Crippen molar-refractivity contribution in [2.24, 2.45) is 0 Å². The van der Waals surface area contributed by atoms with Gasteiger partial charge in [-0.25, -0.2) is 0 Å². The number of alkyl halides is 3. The lowest BCUT2D eigenvalue weighted by Crippen LogP contribution is -2.30. The minimum atomic E-state index is -4.14. The summed E-state index contributed by atoms with van der Waals surface area (Å²) >= 11 is 0. The number of aryl methyl sites for hydroxylation is 1. The Morgan fingerprint density at radius 1 is 1.36 bits per heavy atom. The molecule has 0 amide bonds. The molecule has 1 aromatic heterocycles. The predicted octanol–water partition coefficient (Wildman–Crippen LogP) is 2.28. The third kappa shape index (κ3) is 4.32. The molecule has 1 heterocycles. The maximum atomic E-state index is 11.7. The van der Waals surface area contributed by atoms with Crippen molar-refractivity contribution in [1.82, 2.24) is 5.32 Å². The highest BCUT2D eigenvalue weighted by Gasteiger charge is 2.25. The van der Waals surface area contributed by atoms with E-state index in [1.54, 1.807) is 19.1 Å². The molecule has 0 aliphatic heterocycles. The molecule has 14 heavy (non-hydrogen) atoms. The fourth-order valence-electron chi connectivity index (χ4n) is 1.06. The van der Waals surface area contributed by atoms with Crippen molar-refractivity contribution in [1.29, 1.82) is 0 Å². The van der Waals surface area contributed by atoms with Crippen LogP contribution in [0.2, 0.25) is 0 Å². The van der Waals surface area contributed by atoms with E-state index in [0.717, 1.165) is 5.76 Å². The van der Waals surface area contributed by atoms with Crippen LogP contribution in [0, 0.1) is 6.92 Å². The van der Waals surface area contributed by atoms with Crippen molar-refractivity contribution in [3.8, 4) is 0 Å². The molecule has 2 nitrogen and oxygen atoms in total.